The molecule has 1 amide bonds. The Labute approximate surface area is 125 Å². The number of aromatic nitrogens is 2. The summed E-state index contributed by atoms with van der Waals surface area (Å²) < 4.78 is 15.4. The molecule has 0 aliphatic carbocycles. The lowest BCUT2D eigenvalue weighted by Gasteiger charge is -2.01. The molecule has 0 spiro atoms. The van der Waals surface area contributed by atoms with Crippen molar-refractivity contribution in [1.29, 1.82) is 0 Å². The molecule has 0 saturated carbocycles. The molecule has 0 radical (unpaired) electrons. The normalized spacial score (nSPS) is 11.0. The van der Waals surface area contributed by atoms with Gasteiger partial charge in [0.25, 0.3) is 5.91 Å². The molecule has 0 aliphatic rings. The Morgan fingerprint density at radius 2 is 2.10 bits per heavy atom. The first-order chi connectivity index (χ1) is 9.97. The van der Waals surface area contributed by atoms with Crippen LogP contribution >= 0.6 is 11.6 Å². The van der Waals surface area contributed by atoms with Crippen molar-refractivity contribution in [2.24, 2.45) is 12.8 Å². The van der Waals surface area contributed by atoms with Crippen LogP contribution in [0.4, 0.5) is 4.39 Å². The van der Waals surface area contributed by atoms with Gasteiger partial charge in [0.05, 0.1) is 5.02 Å². The van der Waals surface area contributed by atoms with Crippen LogP contribution < -0.4 is 5.73 Å². The maximum atomic E-state index is 13.6. The number of carbonyl (C=O) groups is 1. The Balaban J connectivity index is 2.24. The van der Waals surface area contributed by atoms with E-state index in [2.05, 4.69) is 4.98 Å². The molecule has 3 rings (SSSR count). The third kappa shape index (κ3) is 2.25. The van der Waals surface area contributed by atoms with Gasteiger partial charge in [-0.05, 0) is 29.8 Å². The quantitative estimate of drug-likeness (QED) is 0.790. The summed E-state index contributed by atoms with van der Waals surface area (Å²) in [5.41, 5.74) is 7.54. The molecule has 1 aromatic carbocycles. The van der Waals surface area contributed by atoms with Gasteiger partial charge in [-0.25, -0.2) is 9.37 Å². The van der Waals surface area contributed by atoms with Crippen molar-refractivity contribution in [2.75, 3.05) is 0 Å². The number of nitrogens with two attached hydrogens (primary N) is 1. The van der Waals surface area contributed by atoms with Crippen molar-refractivity contribution in [1.82, 2.24) is 9.55 Å². The number of hydrogen-bond acceptors (Lipinski definition) is 2. The second-order valence-electron chi connectivity index (χ2n) is 4.71. The second kappa shape index (κ2) is 4.86. The molecule has 0 atom stereocenters. The van der Waals surface area contributed by atoms with Crippen molar-refractivity contribution in [3.05, 3.63) is 53.1 Å². The van der Waals surface area contributed by atoms with Gasteiger partial charge in [0.15, 0.2) is 0 Å². The molecule has 0 fully saturated rings. The van der Waals surface area contributed by atoms with Gasteiger partial charge in [0.2, 0.25) is 0 Å². The van der Waals surface area contributed by atoms with Crippen LogP contribution in [0.1, 0.15) is 10.5 Å². The summed E-state index contributed by atoms with van der Waals surface area (Å²) in [5, 5.41) is 0.886. The van der Waals surface area contributed by atoms with Gasteiger partial charge in [-0.3, -0.25) is 4.79 Å². The van der Waals surface area contributed by atoms with Crippen LogP contribution in [0, 0.1) is 5.82 Å². The fourth-order valence-corrected chi connectivity index (χ4v) is 2.40. The number of pyridine rings is 1. The van der Waals surface area contributed by atoms with Crippen molar-refractivity contribution in [3.8, 4) is 11.1 Å². The van der Waals surface area contributed by atoms with Gasteiger partial charge >= 0.3 is 0 Å². The Morgan fingerprint density at radius 1 is 1.33 bits per heavy atom. The minimum atomic E-state index is -0.586. The largest absolute Gasteiger partial charge is 0.364 e. The molecule has 0 bridgehead atoms. The third-order valence-corrected chi connectivity index (χ3v) is 3.61. The SMILES string of the molecule is Cn1cc(-c2ccc(Cl)c(F)c2)c2ccc(C(N)=O)nc21. The van der Waals surface area contributed by atoms with E-state index in [1.165, 1.54) is 12.1 Å². The highest BCUT2D eigenvalue weighted by atomic mass is 35.5. The fourth-order valence-electron chi connectivity index (χ4n) is 2.28. The van der Waals surface area contributed by atoms with E-state index in [1.807, 2.05) is 6.20 Å². The zero-order valence-electron chi connectivity index (χ0n) is 11.1. The fraction of sp³-hybridized carbons (Fsp3) is 0.0667. The van der Waals surface area contributed by atoms with Crippen molar-refractivity contribution in [3.63, 3.8) is 0 Å². The second-order valence-corrected chi connectivity index (χ2v) is 5.12. The summed E-state index contributed by atoms with van der Waals surface area (Å²) in [4.78, 5) is 15.4. The van der Waals surface area contributed by atoms with Gasteiger partial charge in [-0.15, -0.1) is 0 Å². The highest BCUT2D eigenvalue weighted by Gasteiger charge is 2.13. The zero-order valence-corrected chi connectivity index (χ0v) is 11.9. The van der Waals surface area contributed by atoms with Crippen LogP contribution in [-0.4, -0.2) is 15.5 Å². The lowest BCUT2D eigenvalue weighted by atomic mass is 10.1. The lowest BCUT2D eigenvalue weighted by Crippen LogP contribution is -2.13. The van der Waals surface area contributed by atoms with Gasteiger partial charge < -0.3 is 10.3 Å². The zero-order chi connectivity index (χ0) is 15.1. The third-order valence-electron chi connectivity index (χ3n) is 3.31. The monoisotopic (exact) mass is 303 g/mol. The van der Waals surface area contributed by atoms with E-state index in [0.29, 0.717) is 11.2 Å². The van der Waals surface area contributed by atoms with Crippen LogP contribution in [-0.2, 0) is 7.05 Å². The molecule has 2 N–H and O–H groups in total. The van der Waals surface area contributed by atoms with Crippen LogP contribution in [0.5, 0.6) is 0 Å². The summed E-state index contributed by atoms with van der Waals surface area (Å²) in [6.07, 6.45) is 1.82. The van der Waals surface area contributed by atoms with Crippen LogP contribution in [0.3, 0.4) is 0 Å². The smallest absolute Gasteiger partial charge is 0.267 e. The molecule has 2 heterocycles. The topological polar surface area (TPSA) is 60.9 Å². The van der Waals surface area contributed by atoms with Gasteiger partial charge in [0, 0.05) is 24.2 Å². The Bertz CT molecular complexity index is 873. The van der Waals surface area contributed by atoms with E-state index in [-0.39, 0.29) is 10.7 Å². The maximum absolute atomic E-state index is 13.6. The van der Waals surface area contributed by atoms with E-state index in [1.54, 1.807) is 29.8 Å². The number of carbonyl (C=O) groups excluding carboxylic acids is 1. The predicted octanol–water partition coefficient (Wildman–Crippen LogP) is 3.13. The summed E-state index contributed by atoms with van der Waals surface area (Å²) in [6, 6.07) is 7.93. The number of halogens is 2. The highest BCUT2D eigenvalue weighted by Crippen LogP contribution is 2.31. The minimum absolute atomic E-state index is 0.0770. The van der Waals surface area contributed by atoms with Crippen molar-refractivity contribution in [2.45, 2.75) is 0 Å². The first-order valence-electron chi connectivity index (χ1n) is 6.18. The Hall–Kier alpha value is -2.40. The van der Waals surface area contributed by atoms with E-state index in [4.69, 9.17) is 17.3 Å². The molecule has 4 nitrogen and oxygen atoms in total. The molecule has 3 aromatic rings. The van der Waals surface area contributed by atoms with Crippen molar-refractivity contribution < 1.29 is 9.18 Å². The van der Waals surface area contributed by atoms with Gasteiger partial charge in [-0.1, -0.05) is 17.7 Å². The number of benzene rings is 1. The number of fused-ring (bicyclic) bond motifs is 1. The predicted molar refractivity (Wildman–Crippen MR) is 79.6 cm³/mol. The summed E-state index contributed by atoms with van der Waals surface area (Å²) in [5.74, 6) is -1.06. The van der Waals surface area contributed by atoms with Gasteiger partial charge in [-0.2, -0.15) is 0 Å². The molecule has 21 heavy (non-hydrogen) atoms. The standard InChI is InChI=1S/C15H11ClFN3O/c1-20-7-10(8-2-4-11(16)12(17)6-8)9-3-5-13(14(18)21)19-15(9)20/h2-7H,1H3,(H2,18,21). The van der Waals surface area contributed by atoms with Crippen molar-refractivity contribution >= 4 is 28.5 Å². The molecule has 0 unspecified atom stereocenters. The minimum Gasteiger partial charge on any atom is -0.364 e. The number of primary amides is 1. The first-order valence-corrected chi connectivity index (χ1v) is 6.56. The van der Waals surface area contributed by atoms with Crippen LogP contribution in [0.2, 0.25) is 5.02 Å². The van der Waals surface area contributed by atoms with E-state index in [0.717, 1.165) is 10.9 Å². The number of amides is 1. The number of nitrogens with zero attached hydrogens (tertiary/aromatic N) is 2. The first kappa shape index (κ1) is 13.6. The summed E-state index contributed by atoms with van der Waals surface area (Å²) >= 11 is 5.70. The highest BCUT2D eigenvalue weighted by molar-refractivity contribution is 6.30. The Morgan fingerprint density at radius 3 is 2.76 bits per heavy atom. The van der Waals surface area contributed by atoms with Gasteiger partial charge in [0.1, 0.15) is 17.2 Å². The summed E-state index contributed by atoms with van der Waals surface area (Å²) in [6.45, 7) is 0. The molecule has 0 saturated heterocycles. The summed E-state index contributed by atoms with van der Waals surface area (Å²) in [7, 11) is 1.80. The van der Waals surface area contributed by atoms with Crippen LogP contribution in [0.25, 0.3) is 22.2 Å². The molecule has 2 aromatic heterocycles. The number of rotatable bonds is 2. The van der Waals surface area contributed by atoms with Crippen LogP contribution in [0.15, 0.2) is 36.5 Å². The van der Waals surface area contributed by atoms with E-state index in [9.17, 15) is 9.18 Å². The molecule has 106 valence electrons. The molecular weight excluding hydrogens is 293 g/mol. The average molecular weight is 304 g/mol. The van der Waals surface area contributed by atoms with E-state index >= 15 is 0 Å². The molecule has 6 heteroatoms. The Kier molecular flexibility index (Phi) is 3.14. The lowest BCUT2D eigenvalue weighted by molar-refractivity contribution is 0.0996. The molecule has 0 aliphatic heterocycles. The average Bonchev–Trinajstić information content (AvgIpc) is 2.79. The number of aryl methyl sites for hydroxylation is 1. The van der Waals surface area contributed by atoms with E-state index < -0.39 is 11.7 Å². The maximum Gasteiger partial charge on any atom is 0.267 e. The number of hydrogen-bond donors (Lipinski definition) is 1. The molecular formula is C15H11ClFN3O.